The van der Waals surface area contributed by atoms with E-state index in [4.69, 9.17) is 20.9 Å². The zero-order chi connectivity index (χ0) is 15.4. The zero-order valence-corrected chi connectivity index (χ0v) is 13.4. The average Bonchev–Trinajstić information content (AvgIpc) is 2.57. The molecule has 1 aliphatic rings. The molecule has 3 rings (SSSR count). The molecular formula is C16H18BClO3. The van der Waals surface area contributed by atoms with Crippen molar-refractivity contribution in [3.05, 3.63) is 35.4 Å². The maximum atomic E-state index is 9.97. The van der Waals surface area contributed by atoms with Crippen LogP contribution in [0.1, 0.15) is 27.7 Å². The van der Waals surface area contributed by atoms with Gasteiger partial charge in [0.05, 0.1) is 11.2 Å². The normalized spacial score (nSPS) is 20.1. The molecule has 1 N–H and O–H groups in total. The monoisotopic (exact) mass is 304 g/mol. The molecule has 1 heterocycles. The largest absolute Gasteiger partial charge is 0.508 e. The van der Waals surface area contributed by atoms with E-state index in [0.717, 1.165) is 16.2 Å². The lowest BCUT2D eigenvalue weighted by Gasteiger charge is -2.32. The van der Waals surface area contributed by atoms with Crippen LogP contribution in [0, 0.1) is 0 Å². The lowest BCUT2D eigenvalue weighted by atomic mass is 9.76. The van der Waals surface area contributed by atoms with E-state index in [1.807, 2.05) is 45.9 Å². The van der Waals surface area contributed by atoms with E-state index in [-0.39, 0.29) is 5.75 Å². The van der Waals surface area contributed by atoms with Crippen LogP contribution in [0.2, 0.25) is 5.02 Å². The number of fused-ring (bicyclic) bond motifs is 1. The molecule has 0 amide bonds. The van der Waals surface area contributed by atoms with Gasteiger partial charge in [0.25, 0.3) is 0 Å². The second-order valence-corrected chi connectivity index (χ2v) is 6.87. The topological polar surface area (TPSA) is 38.7 Å². The first-order chi connectivity index (χ1) is 9.71. The third-order valence-corrected chi connectivity index (χ3v) is 4.76. The lowest BCUT2D eigenvalue weighted by molar-refractivity contribution is 0.00578. The molecular weight excluding hydrogens is 286 g/mol. The van der Waals surface area contributed by atoms with Gasteiger partial charge in [-0.15, -0.1) is 0 Å². The molecule has 0 atom stereocenters. The van der Waals surface area contributed by atoms with Crippen molar-refractivity contribution in [3.8, 4) is 5.75 Å². The molecule has 0 radical (unpaired) electrons. The highest BCUT2D eigenvalue weighted by molar-refractivity contribution is 6.66. The number of hydrogen-bond acceptors (Lipinski definition) is 3. The summed E-state index contributed by atoms with van der Waals surface area (Å²) in [7, 11) is -0.551. The second-order valence-electron chi connectivity index (χ2n) is 6.46. The molecule has 0 saturated carbocycles. The van der Waals surface area contributed by atoms with Crippen LogP contribution in [0.4, 0.5) is 0 Å². The van der Waals surface area contributed by atoms with Crippen LogP contribution in [0.5, 0.6) is 5.75 Å². The Labute approximate surface area is 130 Å². The molecule has 0 unspecified atom stereocenters. The molecule has 110 valence electrons. The van der Waals surface area contributed by atoms with Crippen molar-refractivity contribution < 1.29 is 14.4 Å². The highest BCUT2D eigenvalue weighted by Gasteiger charge is 2.52. The maximum Gasteiger partial charge on any atom is 0.495 e. The van der Waals surface area contributed by atoms with Crippen LogP contribution in [0.15, 0.2) is 30.3 Å². The van der Waals surface area contributed by atoms with Gasteiger partial charge in [0, 0.05) is 10.4 Å². The Morgan fingerprint density at radius 2 is 1.67 bits per heavy atom. The number of halogens is 1. The Morgan fingerprint density at radius 3 is 2.29 bits per heavy atom. The first-order valence-electron chi connectivity index (χ1n) is 6.98. The van der Waals surface area contributed by atoms with Crippen molar-refractivity contribution in [2.75, 3.05) is 0 Å². The average molecular weight is 305 g/mol. The fraction of sp³-hybridized carbons (Fsp3) is 0.375. The van der Waals surface area contributed by atoms with Crippen LogP contribution in [-0.4, -0.2) is 23.4 Å². The van der Waals surface area contributed by atoms with Crippen molar-refractivity contribution in [2.24, 2.45) is 0 Å². The second kappa shape index (κ2) is 4.63. The van der Waals surface area contributed by atoms with Gasteiger partial charge in [0.15, 0.2) is 0 Å². The van der Waals surface area contributed by atoms with Crippen molar-refractivity contribution in [1.29, 1.82) is 0 Å². The van der Waals surface area contributed by atoms with Gasteiger partial charge >= 0.3 is 7.12 Å². The number of rotatable bonds is 1. The molecule has 2 aromatic rings. The van der Waals surface area contributed by atoms with Crippen molar-refractivity contribution >= 4 is 35.0 Å². The Morgan fingerprint density at radius 1 is 1.05 bits per heavy atom. The molecule has 0 bridgehead atoms. The number of phenols is 1. The molecule has 21 heavy (non-hydrogen) atoms. The van der Waals surface area contributed by atoms with Gasteiger partial charge in [-0.1, -0.05) is 23.7 Å². The molecule has 2 aromatic carbocycles. The first-order valence-corrected chi connectivity index (χ1v) is 7.36. The summed E-state index contributed by atoms with van der Waals surface area (Å²) in [5.41, 5.74) is -0.109. The molecule has 3 nitrogen and oxygen atoms in total. The number of hydrogen-bond donors (Lipinski definition) is 1. The predicted molar refractivity (Wildman–Crippen MR) is 86.3 cm³/mol. The van der Waals surface area contributed by atoms with E-state index in [1.54, 1.807) is 12.1 Å². The third kappa shape index (κ3) is 2.31. The molecule has 1 fully saturated rings. The Hall–Kier alpha value is -1.23. The summed E-state index contributed by atoms with van der Waals surface area (Å²) < 4.78 is 12.2. The van der Waals surface area contributed by atoms with Gasteiger partial charge in [-0.2, -0.15) is 0 Å². The van der Waals surface area contributed by atoms with E-state index < -0.39 is 18.3 Å². The molecule has 5 heteroatoms. The summed E-state index contributed by atoms with van der Waals surface area (Å²) in [5, 5.41) is 12.3. The minimum absolute atomic E-state index is 0.175. The molecule has 1 aliphatic heterocycles. The Kier molecular flexibility index (Phi) is 3.24. The summed E-state index contributed by atoms with van der Waals surface area (Å²) >= 11 is 6.34. The van der Waals surface area contributed by atoms with Gasteiger partial charge in [0.1, 0.15) is 5.75 Å². The fourth-order valence-corrected chi connectivity index (χ4v) is 2.85. The van der Waals surface area contributed by atoms with Gasteiger partial charge in [0.2, 0.25) is 0 Å². The number of benzene rings is 2. The molecule has 0 spiro atoms. The van der Waals surface area contributed by atoms with E-state index in [0.29, 0.717) is 5.02 Å². The van der Waals surface area contributed by atoms with Crippen LogP contribution in [0.3, 0.4) is 0 Å². The van der Waals surface area contributed by atoms with Gasteiger partial charge in [-0.05, 0) is 56.7 Å². The fourth-order valence-electron chi connectivity index (χ4n) is 2.55. The summed E-state index contributed by atoms with van der Waals surface area (Å²) in [5.74, 6) is 0.175. The van der Waals surface area contributed by atoms with Gasteiger partial charge < -0.3 is 14.4 Å². The summed E-state index contributed by atoms with van der Waals surface area (Å²) in [6.45, 7) is 8.00. The summed E-state index contributed by atoms with van der Waals surface area (Å²) in [6.07, 6.45) is 0. The minimum Gasteiger partial charge on any atom is -0.508 e. The van der Waals surface area contributed by atoms with Crippen molar-refractivity contribution in [2.45, 2.75) is 38.9 Å². The van der Waals surface area contributed by atoms with Crippen LogP contribution in [0.25, 0.3) is 10.8 Å². The van der Waals surface area contributed by atoms with Gasteiger partial charge in [-0.3, -0.25) is 0 Å². The quantitative estimate of drug-likeness (QED) is 0.820. The zero-order valence-electron chi connectivity index (χ0n) is 12.6. The van der Waals surface area contributed by atoms with Crippen molar-refractivity contribution in [3.63, 3.8) is 0 Å². The third-order valence-electron chi connectivity index (χ3n) is 4.45. The Bertz CT molecular complexity index is 696. The highest BCUT2D eigenvalue weighted by Crippen LogP contribution is 2.38. The van der Waals surface area contributed by atoms with E-state index in [2.05, 4.69) is 0 Å². The number of aromatic hydroxyl groups is 1. The van der Waals surface area contributed by atoms with Crippen LogP contribution in [-0.2, 0) is 9.31 Å². The van der Waals surface area contributed by atoms with E-state index >= 15 is 0 Å². The smallest absolute Gasteiger partial charge is 0.495 e. The SMILES string of the molecule is CC1(C)OB(c2cc(O)cc3cccc(Cl)c23)OC1(C)C. The van der Waals surface area contributed by atoms with Gasteiger partial charge in [-0.25, -0.2) is 0 Å². The number of phenolic OH excluding ortho intramolecular Hbond substituents is 1. The first kappa shape index (κ1) is 14.7. The predicted octanol–water partition coefficient (Wildman–Crippen LogP) is 3.50. The van der Waals surface area contributed by atoms with E-state index in [1.165, 1.54) is 0 Å². The standard InChI is InChI=1S/C16H18BClO3/c1-15(2)16(3,4)21-17(20-15)12-9-11(19)8-10-6-5-7-13(18)14(10)12/h5-9,19H,1-4H3. The summed E-state index contributed by atoms with van der Waals surface area (Å²) in [6, 6.07) is 8.95. The van der Waals surface area contributed by atoms with Crippen LogP contribution >= 0.6 is 11.6 Å². The molecule has 0 aliphatic carbocycles. The Balaban J connectivity index is 2.18. The van der Waals surface area contributed by atoms with E-state index in [9.17, 15) is 5.11 Å². The van der Waals surface area contributed by atoms with Crippen LogP contribution < -0.4 is 5.46 Å². The molecule has 1 saturated heterocycles. The van der Waals surface area contributed by atoms with Crippen molar-refractivity contribution in [1.82, 2.24) is 0 Å². The molecule has 0 aromatic heterocycles. The maximum absolute atomic E-state index is 9.97. The lowest BCUT2D eigenvalue weighted by Crippen LogP contribution is -2.41. The summed E-state index contributed by atoms with van der Waals surface area (Å²) in [4.78, 5) is 0. The minimum atomic E-state index is -0.551. The highest BCUT2D eigenvalue weighted by atomic mass is 35.5.